The van der Waals surface area contributed by atoms with Gasteiger partial charge in [-0.1, -0.05) is 27.5 Å². The van der Waals surface area contributed by atoms with Gasteiger partial charge in [-0.15, -0.1) is 0 Å². The highest BCUT2D eigenvalue weighted by atomic mass is 79.9. The van der Waals surface area contributed by atoms with Crippen LogP contribution in [0.4, 0.5) is 5.69 Å². The molecule has 0 fully saturated rings. The van der Waals surface area contributed by atoms with Crippen molar-refractivity contribution in [3.63, 3.8) is 0 Å². The Morgan fingerprint density at radius 1 is 1.32 bits per heavy atom. The molecule has 118 valence electrons. The van der Waals surface area contributed by atoms with E-state index < -0.39 is 0 Å². The lowest BCUT2D eigenvalue weighted by molar-refractivity contribution is 0.558. The van der Waals surface area contributed by atoms with Crippen molar-refractivity contribution in [2.45, 2.75) is 26.8 Å². The Labute approximate surface area is 149 Å². The first-order valence-corrected chi connectivity index (χ1v) is 8.55. The molecule has 0 atom stereocenters. The van der Waals surface area contributed by atoms with Crippen molar-refractivity contribution in [3.05, 3.63) is 45.1 Å². The monoisotopic (exact) mass is 400 g/mol. The van der Waals surface area contributed by atoms with Crippen LogP contribution in [-0.4, -0.2) is 21.4 Å². The first-order chi connectivity index (χ1) is 10.5. The first-order valence-electron chi connectivity index (χ1n) is 6.97. The maximum atomic E-state index is 6.13. The van der Waals surface area contributed by atoms with Crippen LogP contribution in [0, 0.1) is 13.8 Å². The van der Waals surface area contributed by atoms with Gasteiger partial charge in [0.05, 0.1) is 16.4 Å². The quantitative estimate of drug-likeness (QED) is 0.579. The van der Waals surface area contributed by atoms with Crippen LogP contribution in [0.1, 0.15) is 17.8 Å². The molecular weight excluding hydrogens is 384 g/mol. The Bertz CT molecular complexity index is 654. The maximum absolute atomic E-state index is 6.13. The fourth-order valence-corrected chi connectivity index (χ4v) is 2.65. The second-order valence-corrected chi connectivity index (χ2v) is 6.65. The van der Waals surface area contributed by atoms with Crippen LogP contribution >= 0.6 is 39.7 Å². The molecular formula is C15H18BrClN4S. The van der Waals surface area contributed by atoms with E-state index in [0.717, 1.165) is 46.1 Å². The minimum Gasteiger partial charge on any atom is -0.362 e. The third kappa shape index (κ3) is 4.69. The highest BCUT2D eigenvalue weighted by molar-refractivity contribution is 9.10. The molecule has 22 heavy (non-hydrogen) atoms. The number of hydrogen-bond acceptors (Lipinski definition) is 2. The molecule has 4 nitrogen and oxygen atoms in total. The normalized spacial score (nSPS) is 10.5. The van der Waals surface area contributed by atoms with Crippen LogP contribution in [0.2, 0.25) is 5.02 Å². The zero-order valence-electron chi connectivity index (χ0n) is 12.5. The van der Waals surface area contributed by atoms with E-state index in [0.29, 0.717) is 5.11 Å². The Hall–Kier alpha value is -1.11. The van der Waals surface area contributed by atoms with E-state index in [9.17, 15) is 0 Å². The molecule has 0 aliphatic carbocycles. The predicted molar refractivity (Wildman–Crippen MR) is 99.7 cm³/mol. The summed E-state index contributed by atoms with van der Waals surface area (Å²) in [7, 11) is 0. The van der Waals surface area contributed by atoms with Gasteiger partial charge in [-0.3, -0.25) is 4.68 Å². The lowest BCUT2D eigenvalue weighted by Crippen LogP contribution is -2.29. The van der Waals surface area contributed by atoms with E-state index in [2.05, 4.69) is 31.7 Å². The number of hydrogen-bond donors (Lipinski definition) is 2. The Kier molecular flexibility index (Phi) is 6.23. The molecule has 2 aromatic rings. The van der Waals surface area contributed by atoms with Crippen molar-refractivity contribution in [2.75, 3.05) is 11.9 Å². The van der Waals surface area contributed by atoms with Gasteiger partial charge in [0.25, 0.3) is 0 Å². The number of halogens is 2. The van der Waals surface area contributed by atoms with Gasteiger partial charge in [-0.05, 0) is 56.8 Å². The van der Waals surface area contributed by atoms with Crippen LogP contribution in [0.5, 0.6) is 0 Å². The summed E-state index contributed by atoms with van der Waals surface area (Å²) in [4.78, 5) is 0. The Morgan fingerprint density at radius 2 is 2.00 bits per heavy atom. The lowest BCUT2D eigenvalue weighted by atomic mass is 10.3. The molecule has 0 radical (unpaired) electrons. The smallest absolute Gasteiger partial charge is 0.170 e. The molecule has 0 saturated carbocycles. The molecule has 7 heteroatoms. The second kappa shape index (κ2) is 7.94. The van der Waals surface area contributed by atoms with E-state index in [4.69, 9.17) is 23.8 Å². The van der Waals surface area contributed by atoms with Gasteiger partial charge in [0, 0.05) is 23.2 Å². The number of aromatic nitrogens is 2. The molecule has 0 amide bonds. The third-order valence-corrected chi connectivity index (χ3v) is 4.55. The first kappa shape index (κ1) is 17.2. The van der Waals surface area contributed by atoms with Gasteiger partial charge in [-0.2, -0.15) is 5.10 Å². The zero-order chi connectivity index (χ0) is 16.1. The summed E-state index contributed by atoms with van der Waals surface area (Å²) in [6.07, 6.45) is 0.917. The SMILES string of the molecule is Cc1nn(CCCNC(=S)Nc2ccc(Br)cc2)c(C)c1Cl. The second-order valence-electron chi connectivity index (χ2n) is 4.95. The Balaban J connectivity index is 1.73. The Morgan fingerprint density at radius 3 is 2.59 bits per heavy atom. The topological polar surface area (TPSA) is 41.9 Å². The average Bonchev–Trinajstić information content (AvgIpc) is 2.73. The number of rotatable bonds is 5. The van der Waals surface area contributed by atoms with Crippen LogP contribution < -0.4 is 10.6 Å². The van der Waals surface area contributed by atoms with Crippen LogP contribution in [-0.2, 0) is 6.54 Å². The molecule has 0 unspecified atom stereocenters. The minimum absolute atomic E-state index is 0.619. The van der Waals surface area contributed by atoms with Gasteiger partial charge in [0.15, 0.2) is 5.11 Å². The molecule has 0 spiro atoms. The number of thiocarbonyl (C=S) groups is 1. The van der Waals surface area contributed by atoms with E-state index in [1.165, 1.54) is 0 Å². The molecule has 0 aliphatic heterocycles. The van der Waals surface area contributed by atoms with Gasteiger partial charge < -0.3 is 10.6 Å². The van der Waals surface area contributed by atoms with E-state index in [1.54, 1.807) is 0 Å². The summed E-state index contributed by atoms with van der Waals surface area (Å²) in [5, 5.41) is 12.1. The molecule has 2 N–H and O–H groups in total. The molecule has 1 aromatic heterocycles. The molecule has 1 aromatic carbocycles. The summed E-state index contributed by atoms with van der Waals surface area (Å²) in [5.74, 6) is 0. The zero-order valence-corrected chi connectivity index (χ0v) is 15.6. The van der Waals surface area contributed by atoms with Crippen LogP contribution in [0.15, 0.2) is 28.7 Å². The highest BCUT2D eigenvalue weighted by Crippen LogP contribution is 2.18. The van der Waals surface area contributed by atoms with E-state index >= 15 is 0 Å². The number of aryl methyl sites for hydroxylation is 2. The molecule has 0 bridgehead atoms. The number of nitrogens with zero attached hydrogens (tertiary/aromatic N) is 2. The third-order valence-electron chi connectivity index (χ3n) is 3.23. The minimum atomic E-state index is 0.619. The maximum Gasteiger partial charge on any atom is 0.170 e. The largest absolute Gasteiger partial charge is 0.362 e. The molecule has 1 heterocycles. The number of anilines is 1. The fourth-order valence-electron chi connectivity index (χ4n) is 2.03. The predicted octanol–water partition coefficient (Wildman–Crippen LogP) is 4.29. The summed E-state index contributed by atoms with van der Waals surface area (Å²) in [6, 6.07) is 7.88. The van der Waals surface area contributed by atoms with Gasteiger partial charge in [0.2, 0.25) is 0 Å². The van der Waals surface area contributed by atoms with Crippen molar-refractivity contribution in [1.82, 2.24) is 15.1 Å². The van der Waals surface area contributed by atoms with Crippen molar-refractivity contribution < 1.29 is 0 Å². The number of nitrogens with one attached hydrogen (secondary N) is 2. The number of benzene rings is 1. The molecule has 2 rings (SSSR count). The van der Waals surface area contributed by atoms with Gasteiger partial charge >= 0.3 is 0 Å². The summed E-state index contributed by atoms with van der Waals surface area (Å²) in [6.45, 7) is 5.49. The average molecular weight is 402 g/mol. The fraction of sp³-hybridized carbons (Fsp3) is 0.333. The molecule has 0 saturated heterocycles. The van der Waals surface area contributed by atoms with E-state index in [-0.39, 0.29) is 0 Å². The lowest BCUT2D eigenvalue weighted by Gasteiger charge is -2.11. The van der Waals surface area contributed by atoms with Crippen LogP contribution in [0.3, 0.4) is 0 Å². The van der Waals surface area contributed by atoms with Crippen molar-refractivity contribution in [1.29, 1.82) is 0 Å². The summed E-state index contributed by atoms with van der Waals surface area (Å²) in [5.41, 5.74) is 2.85. The molecule has 0 aliphatic rings. The van der Waals surface area contributed by atoms with Crippen molar-refractivity contribution >= 4 is 50.5 Å². The summed E-state index contributed by atoms with van der Waals surface area (Å²) < 4.78 is 2.98. The van der Waals surface area contributed by atoms with E-state index in [1.807, 2.05) is 42.8 Å². The van der Waals surface area contributed by atoms with Crippen molar-refractivity contribution in [2.24, 2.45) is 0 Å². The highest BCUT2D eigenvalue weighted by Gasteiger charge is 2.08. The standard InChI is InChI=1S/C15H18BrClN4S/c1-10-14(17)11(2)21(20-10)9-3-8-18-15(22)19-13-6-4-12(16)5-7-13/h4-7H,3,8-9H2,1-2H3,(H2,18,19,22). The van der Waals surface area contributed by atoms with Crippen LogP contribution in [0.25, 0.3) is 0 Å². The van der Waals surface area contributed by atoms with Gasteiger partial charge in [-0.25, -0.2) is 0 Å². The van der Waals surface area contributed by atoms with Gasteiger partial charge in [0.1, 0.15) is 0 Å². The van der Waals surface area contributed by atoms with Crippen molar-refractivity contribution in [3.8, 4) is 0 Å². The summed E-state index contributed by atoms with van der Waals surface area (Å²) >= 11 is 14.8.